The predicted molar refractivity (Wildman–Crippen MR) is 161 cm³/mol. The molecule has 0 aromatic heterocycles. The number of aryl methyl sites for hydroxylation is 2. The Labute approximate surface area is 242 Å². The number of aliphatic hydroxyl groups is 1. The largest absolute Gasteiger partial charge is 0.387 e. The highest BCUT2D eigenvalue weighted by Crippen LogP contribution is 2.33. The number of hydrogen-bond acceptors (Lipinski definition) is 4. The van der Waals surface area contributed by atoms with Crippen molar-refractivity contribution in [3.05, 3.63) is 131 Å². The van der Waals surface area contributed by atoms with Crippen molar-refractivity contribution in [1.82, 2.24) is 4.31 Å². The van der Waals surface area contributed by atoms with Crippen LogP contribution in [0.4, 0.5) is 0 Å². The first-order valence-corrected chi connectivity index (χ1v) is 16.3. The van der Waals surface area contributed by atoms with Gasteiger partial charge < -0.3 is 5.11 Å². The van der Waals surface area contributed by atoms with Crippen LogP contribution in [-0.4, -0.2) is 38.7 Å². The van der Waals surface area contributed by atoms with E-state index < -0.39 is 37.8 Å². The predicted octanol–water partition coefficient (Wildman–Crippen LogP) is 6.17. The molecule has 0 saturated carbocycles. The summed E-state index contributed by atoms with van der Waals surface area (Å²) in [5.74, 6) is -0.0131. The van der Waals surface area contributed by atoms with Crippen LogP contribution in [0.15, 0.2) is 119 Å². The van der Waals surface area contributed by atoms with Crippen LogP contribution in [0.1, 0.15) is 28.4 Å². The molecule has 0 spiro atoms. The van der Waals surface area contributed by atoms with Gasteiger partial charge in [-0.1, -0.05) is 112 Å². The lowest BCUT2D eigenvalue weighted by Crippen LogP contribution is -2.49. The van der Waals surface area contributed by atoms with Gasteiger partial charge in [0.05, 0.1) is 32.7 Å². The van der Waals surface area contributed by atoms with Crippen molar-refractivity contribution >= 4 is 36.8 Å². The Morgan fingerprint density at radius 1 is 0.795 bits per heavy atom. The maximum atomic E-state index is 14.2. The average Bonchev–Trinajstić information content (AvgIpc) is 2.95. The lowest BCUT2D eigenvalue weighted by atomic mass is 10.0. The van der Waals surface area contributed by atoms with E-state index in [1.807, 2.05) is 74.5 Å². The quantitative estimate of drug-likeness (QED) is 0.202. The molecule has 0 amide bonds. The summed E-state index contributed by atoms with van der Waals surface area (Å²) >= 11 is 3.66. The number of nitrogens with zero attached hydrogens (tertiary/aromatic N) is 1. The molecule has 0 radical (unpaired) electrons. The molecular weight excluding hydrogens is 594 g/mol. The number of halogens is 1. The van der Waals surface area contributed by atoms with E-state index in [4.69, 9.17) is 0 Å². The van der Waals surface area contributed by atoms with Crippen molar-refractivity contribution in [3.8, 4) is 0 Å². The van der Waals surface area contributed by atoms with Gasteiger partial charge in [0.15, 0.2) is 0 Å². The zero-order valence-corrected chi connectivity index (χ0v) is 25.1. The van der Waals surface area contributed by atoms with Crippen LogP contribution in [0, 0.1) is 13.8 Å². The van der Waals surface area contributed by atoms with E-state index in [9.17, 15) is 17.7 Å². The number of aliphatic hydroxyl groups excluding tert-OH is 1. The summed E-state index contributed by atoms with van der Waals surface area (Å²) in [7, 11) is -5.59. The zero-order chi connectivity index (χ0) is 28.0. The van der Waals surface area contributed by atoms with Crippen LogP contribution in [0.3, 0.4) is 0 Å². The molecule has 0 aliphatic rings. The van der Waals surface area contributed by atoms with Gasteiger partial charge in [-0.25, -0.2) is 8.42 Å². The van der Waals surface area contributed by atoms with Crippen molar-refractivity contribution in [3.63, 3.8) is 0 Å². The Morgan fingerprint density at radius 3 is 1.87 bits per heavy atom. The van der Waals surface area contributed by atoms with E-state index >= 15 is 0 Å². The molecule has 1 N–H and O–H groups in total. The summed E-state index contributed by atoms with van der Waals surface area (Å²) in [6, 6.07) is 31.6. The fourth-order valence-corrected chi connectivity index (χ4v) is 8.55. The minimum Gasteiger partial charge on any atom is -0.387 e. The van der Waals surface area contributed by atoms with E-state index in [1.54, 1.807) is 48.5 Å². The molecule has 4 rings (SSSR count). The third-order valence-electron chi connectivity index (χ3n) is 6.60. The molecule has 5 nitrogen and oxygen atoms in total. The molecule has 0 aliphatic carbocycles. The first-order chi connectivity index (χ1) is 18.7. The van der Waals surface area contributed by atoms with Gasteiger partial charge in [-0.15, -0.1) is 0 Å². The Morgan fingerprint density at radius 2 is 1.31 bits per heavy atom. The van der Waals surface area contributed by atoms with Crippen LogP contribution in [0.25, 0.3) is 0 Å². The van der Waals surface area contributed by atoms with Gasteiger partial charge in [0.25, 0.3) is 0 Å². The van der Waals surface area contributed by atoms with Gasteiger partial charge >= 0.3 is 0 Å². The summed E-state index contributed by atoms with van der Waals surface area (Å²) in [5, 5.41) is 11.4. The van der Waals surface area contributed by atoms with Crippen molar-refractivity contribution in [1.29, 1.82) is 0 Å². The van der Waals surface area contributed by atoms with Crippen molar-refractivity contribution < 1.29 is 17.7 Å². The molecule has 4 atom stereocenters. The van der Waals surface area contributed by atoms with Gasteiger partial charge in [0.1, 0.15) is 0 Å². The smallest absolute Gasteiger partial charge is 0.243 e. The number of alkyl halides is 1. The topological polar surface area (TPSA) is 74.7 Å². The third-order valence-corrected chi connectivity index (χ3v) is 11.0. The number of benzene rings is 4. The van der Waals surface area contributed by atoms with E-state index in [2.05, 4.69) is 15.9 Å². The standard InChI is InChI=1S/C31H32BrNO4S2/c1-23-13-17-27(18-14-23)38(35)22-29(30(32)31(34)26-11-7-4-8-12-26)33(21-25-9-5-3-6-10-25)39(36,37)28-19-15-24(2)16-20-28/h3-20,29-31,34H,21-22H2,1-2H3/t29-,30+,31-,38?/m0/s1. The molecule has 204 valence electrons. The lowest BCUT2D eigenvalue weighted by molar-refractivity contribution is 0.147. The highest BCUT2D eigenvalue weighted by molar-refractivity contribution is 9.09. The van der Waals surface area contributed by atoms with Gasteiger partial charge in [0.2, 0.25) is 10.0 Å². The van der Waals surface area contributed by atoms with Crippen LogP contribution < -0.4 is 0 Å². The van der Waals surface area contributed by atoms with Crippen molar-refractivity contribution in [2.24, 2.45) is 0 Å². The zero-order valence-electron chi connectivity index (χ0n) is 21.9. The Kier molecular flexibility index (Phi) is 9.91. The summed E-state index contributed by atoms with van der Waals surface area (Å²) in [4.78, 5) is -0.00539. The highest BCUT2D eigenvalue weighted by atomic mass is 79.9. The van der Waals surface area contributed by atoms with Crippen molar-refractivity contribution in [2.75, 3.05) is 5.75 Å². The van der Waals surface area contributed by atoms with Crippen LogP contribution in [-0.2, 0) is 27.4 Å². The summed E-state index contributed by atoms with van der Waals surface area (Å²) in [5.41, 5.74) is 3.40. The third kappa shape index (κ3) is 7.32. The second kappa shape index (κ2) is 13.2. The van der Waals surface area contributed by atoms with Crippen molar-refractivity contribution in [2.45, 2.75) is 47.2 Å². The van der Waals surface area contributed by atoms with Gasteiger partial charge in [0, 0.05) is 17.2 Å². The Balaban J connectivity index is 1.81. The Hall–Kier alpha value is -2.62. The average molecular weight is 627 g/mol. The van der Waals surface area contributed by atoms with E-state index in [0.717, 1.165) is 16.7 Å². The molecule has 4 aromatic rings. The SMILES string of the molecule is Cc1ccc(S(=O)C[C@@H]([C@@H](Br)[C@@H](O)c2ccccc2)N(Cc2ccccc2)S(=O)(=O)c2ccc(C)cc2)cc1. The van der Waals surface area contributed by atoms with E-state index in [1.165, 1.54) is 4.31 Å². The summed E-state index contributed by atoms with van der Waals surface area (Å²) in [6.07, 6.45) is -1.04. The second-order valence-corrected chi connectivity index (χ2v) is 14.0. The number of sulfonamides is 1. The number of hydrogen-bond donors (Lipinski definition) is 1. The molecule has 0 bridgehead atoms. The van der Waals surface area contributed by atoms with Gasteiger partial charge in [-0.05, 0) is 49.2 Å². The first-order valence-electron chi connectivity index (χ1n) is 12.6. The molecule has 39 heavy (non-hydrogen) atoms. The maximum Gasteiger partial charge on any atom is 0.243 e. The molecule has 0 saturated heterocycles. The molecule has 4 aromatic carbocycles. The first kappa shape index (κ1) is 29.4. The lowest BCUT2D eigenvalue weighted by Gasteiger charge is -2.36. The minimum absolute atomic E-state index is 0.0131. The molecule has 0 heterocycles. The molecule has 0 fully saturated rings. The number of rotatable bonds is 11. The molecule has 8 heteroatoms. The summed E-state index contributed by atoms with van der Waals surface area (Å²) in [6.45, 7) is 3.91. The van der Waals surface area contributed by atoms with Crippen LogP contribution in [0.5, 0.6) is 0 Å². The maximum absolute atomic E-state index is 14.2. The summed E-state index contributed by atoms with van der Waals surface area (Å²) < 4.78 is 43.5. The van der Waals surface area contributed by atoms with Gasteiger partial charge in [-0.2, -0.15) is 4.31 Å². The molecule has 0 aliphatic heterocycles. The monoisotopic (exact) mass is 625 g/mol. The van der Waals surface area contributed by atoms with Gasteiger partial charge in [-0.3, -0.25) is 4.21 Å². The highest BCUT2D eigenvalue weighted by Gasteiger charge is 2.40. The Bertz CT molecular complexity index is 1480. The fourth-order valence-electron chi connectivity index (χ4n) is 4.31. The van der Waals surface area contributed by atoms with Crippen LogP contribution in [0.2, 0.25) is 0 Å². The fraction of sp³-hybridized carbons (Fsp3) is 0.226. The van der Waals surface area contributed by atoms with E-state index in [0.29, 0.717) is 10.5 Å². The second-order valence-electron chi connectivity index (χ2n) is 9.54. The molecule has 1 unspecified atom stereocenters. The minimum atomic E-state index is -4.05. The van der Waals surface area contributed by atoms with E-state index in [-0.39, 0.29) is 17.2 Å². The molecular formula is C31H32BrNO4S2. The van der Waals surface area contributed by atoms with Crippen LogP contribution >= 0.6 is 15.9 Å². The normalized spacial score (nSPS) is 15.0.